The average Bonchev–Trinajstić information content (AvgIpc) is 3.17. The van der Waals surface area contributed by atoms with Crippen molar-refractivity contribution in [2.24, 2.45) is 0 Å². The van der Waals surface area contributed by atoms with Gasteiger partial charge in [0.2, 0.25) is 5.82 Å². The molecule has 2 aromatic rings. The number of nitrogens with zero attached hydrogens (tertiary/aromatic N) is 3. The zero-order chi connectivity index (χ0) is 19.1. The Morgan fingerprint density at radius 2 is 2.15 bits per heavy atom. The van der Waals surface area contributed by atoms with E-state index in [1.54, 1.807) is 31.4 Å². The lowest BCUT2D eigenvalue weighted by atomic mass is 9.97. The minimum atomic E-state index is -0.744. The van der Waals surface area contributed by atoms with Gasteiger partial charge in [-0.25, -0.2) is 9.67 Å². The Bertz CT molecular complexity index is 783. The molecule has 1 heterocycles. The molecule has 0 saturated heterocycles. The van der Waals surface area contributed by atoms with Gasteiger partial charge in [0, 0.05) is 6.54 Å². The first-order chi connectivity index (χ1) is 13.2. The van der Waals surface area contributed by atoms with Gasteiger partial charge < -0.3 is 15.2 Å². The van der Waals surface area contributed by atoms with Gasteiger partial charge in [0.05, 0.1) is 19.8 Å². The largest absolute Gasteiger partial charge is 0.497 e. The summed E-state index contributed by atoms with van der Waals surface area (Å²) >= 11 is 0. The van der Waals surface area contributed by atoms with Crippen LogP contribution in [0.4, 0.5) is 0 Å². The number of amides is 1. The summed E-state index contributed by atoms with van der Waals surface area (Å²) in [5.41, 5.74) is 2.17. The predicted molar refractivity (Wildman–Crippen MR) is 101 cm³/mol. The van der Waals surface area contributed by atoms with Crippen molar-refractivity contribution >= 4 is 5.91 Å². The molecule has 3 rings (SSSR count). The average molecular weight is 370 g/mol. The molecule has 0 aliphatic heterocycles. The third kappa shape index (κ3) is 5.40. The van der Waals surface area contributed by atoms with E-state index in [-0.39, 0.29) is 18.3 Å². The highest BCUT2D eigenvalue weighted by molar-refractivity contribution is 5.90. The van der Waals surface area contributed by atoms with Crippen LogP contribution in [0.15, 0.2) is 42.2 Å². The fourth-order valence-corrected chi connectivity index (χ4v) is 3.14. The number of methoxy groups -OCH3 is 1. The van der Waals surface area contributed by atoms with Gasteiger partial charge in [0.1, 0.15) is 12.1 Å². The van der Waals surface area contributed by atoms with Gasteiger partial charge in [-0.3, -0.25) is 4.79 Å². The number of allylic oxidation sites excluding steroid dienone is 1. The van der Waals surface area contributed by atoms with Gasteiger partial charge in [-0.1, -0.05) is 23.8 Å². The highest BCUT2D eigenvalue weighted by Gasteiger charge is 2.14. The molecule has 1 aromatic heterocycles. The number of aromatic nitrogens is 3. The van der Waals surface area contributed by atoms with Crippen LogP contribution in [0, 0.1) is 0 Å². The maximum absolute atomic E-state index is 12.2. The second-order valence-corrected chi connectivity index (χ2v) is 6.69. The van der Waals surface area contributed by atoms with Gasteiger partial charge in [-0.05, 0) is 49.8 Å². The summed E-state index contributed by atoms with van der Waals surface area (Å²) in [5.74, 6) is 0.563. The highest BCUT2D eigenvalue weighted by atomic mass is 16.5. The van der Waals surface area contributed by atoms with E-state index < -0.39 is 6.10 Å². The van der Waals surface area contributed by atoms with Crippen LogP contribution >= 0.6 is 0 Å². The minimum absolute atomic E-state index is 0.120. The molecular formula is C20H26N4O3. The number of hydrogen-bond donors (Lipinski definition) is 2. The van der Waals surface area contributed by atoms with E-state index in [1.165, 1.54) is 29.4 Å². The molecule has 0 spiro atoms. The van der Waals surface area contributed by atoms with E-state index >= 15 is 0 Å². The SMILES string of the molecule is COc1ccc([C@H](O)Cn2cnc(C(=O)NCCC3=CCCCC3)n2)cc1. The van der Waals surface area contributed by atoms with Crippen LogP contribution in [0.3, 0.4) is 0 Å². The van der Waals surface area contributed by atoms with Gasteiger partial charge in [-0.15, -0.1) is 5.10 Å². The molecule has 7 heteroatoms. The lowest BCUT2D eigenvalue weighted by Crippen LogP contribution is -2.26. The monoisotopic (exact) mass is 370 g/mol. The minimum Gasteiger partial charge on any atom is -0.497 e. The van der Waals surface area contributed by atoms with Crippen molar-refractivity contribution in [3.05, 3.63) is 53.6 Å². The van der Waals surface area contributed by atoms with Crippen LogP contribution in [-0.2, 0) is 6.54 Å². The molecule has 7 nitrogen and oxygen atoms in total. The molecule has 1 aliphatic carbocycles. The Hall–Kier alpha value is -2.67. The van der Waals surface area contributed by atoms with Gasteiger partial charge in [0.25, 0.3) is 5.91 Å². The van der Waals surface area contributed by atoms with Crippen LogP contribution in [0.2, 0.25) is 0 Å². The summed E-state index contributed by atoms with van der Waals surface area (Å²) < 4.78 is 6.59. The molecule has 2 N–H and O–H groups in total. The third-order valence-corrected chi connectivity index (χ3v) is 4.72. The Labute approximate surface area is 159 Å². The van der Waals surface area contributed by atoms with Crippen molar-refractivity contribution in [1.29, 1.82) is 0 Å². The first kappa shape index (κ1) is 19.1. The number of aliphatic hydroxyl groups is 1. The molecule has 0 saturated carbocycles. The van der Waals surface area contributed by atoms with E-state index in [0.717, 1.165) is 30.6 Å². The molecule has 0 radical (unpaired) electrons. The molecule has 0 fully saturated rings. The van der Waals surface area contributed by atoms with E-state index in [2.05, 4.69) is 21.5 Å². The van der Waals surface area contributed by atoms with Crippen LogP contribution in [-0.4, -0.2) is 39.4 Å². The Kier molecular flexibility index (Phi) is 6.59. The molecule has 27 heavy (non-hydrogen) atoms. The molecule has 0 bridgehead atoms. The van der Waals surface area contributed by atoms with E-state index in [4.69, 9.17) is 4.74 Å². The number of nitrogens with one attached hydrogen (secondary N) is 1. The van der Waals surface area contributed by atoms with Crippen molar-refractivity contribution in [3.63, 3.8) is 0 Å². The van der Waals surface area contributed by atoms with E-state index in [1.807, 2.05) is 0 Å². The van der Waals surface area contributed by atoms with Crippen molar-refractivity contribution in [2.45, 2.75) is 44.8 Å². The Morgan fingerprint density at radius 3 is 2.85 bits per heavy atom. The quantitative estimate of drug-likeness (QED) is 0.697. The van der Waals surface area contributed by atoms with Crippen LogP contribution in [0.5, 0.6) is 5.75 Å². The molecule has 1 atom stereocenters. The first-order valence-electron chi connectivity index (χ1n) is 9.33. The van der Waals surface area contributed by atoms with Crippen LogP contribution in [0.1, 0.15) is 54.4 Å². The first-order valence-corrected chi connectivity index (χ1v) is 9.33. The smallest absolute Gasteiger partial charge is 0.290 e. The van der Waals surface area contributed by atoms with Crippen molar-refractivity contribution in [3.8, 4) is 5.75 Å². The molecule has 1 amide bonds. The van der Waals surface area contributed by atoms with Crippen LogP contribution < -0.4 is 10.1 Å². The molecular weight excluding hydrogens is 344 g/mol. The summed E-state index contributed by atoms with van der Waals surface area (Å²) in [6.45, 7) is 0.813. The number of benzene rings is 1. The second-order valence-electron chi connectivity index (χ2n) is 6.69. The highest BCUT2D eigenvalue weighted by Crippen LogP contribution is 2.20. The Balaban J connectivity index is 1.49. The third-order valence-electron chi connectivity index (χ3n) is 4.72. The lowest BCUT2D eigenvalue weighted by Gasteiger charge is -2.12. The van der Waals surface area contributed by atoms with E-state index in [9.17, 15) is 9.90 Å². The maximum Gasteiger partial charge on any atom is 0.290 e. The maximum atomic E-state index is 12.2. The zero-order valence-electron chi connectivity index (χ0n) is 15.6. The number of hydrogen-bond acceptors (Lipinski definition) is 5. The number of aliphatic hydroxyl groups excluding tert-OH is 1. The predicted octanol–water partition coefficient (Wildman–Crippen LogP) is 2.64. The lowest BCUT2D eigenvalue weighted by molar-refractivity contribution is 0.0941. The fourth-order valence-electron chi connectivity index (χ4n) is 3.14. The number of carbonyl (C=O) groups is 1. The van der Waals surface area contributed by atoms with Crippen molar-refractivity contribution < 1.29 is 14.6 Å². The van der Waals surface area contributed by atoms with Crippen molar-refractivity contribution in [2.75, 3.05) is 13.7 Å². The summed E-state index contributed by atoms with van der Waals surface area (Å²) in [6.07, 6.45) is 8.66. The van der Waals surface area contributed by atoms with Gasteiger partial charge in [-0.2, -0.15) is 0 Å². The normalized spacial score (nSPS) is 15.1. The fraction of sp³-hybridized carbons (Fsp3) is 0.450. The van der Waals surface area contributed by atoms with E-state index in [0.29, 0.717) is 6.54 Å². The number of carbonyl (C=O) groups excluding carboxylic acids is 1. The zero-order valence-corrected chi connectivity index (χ0v) is 15.6. The summed E-state index contributed by atoms with van der Waals surface area (Å²) in [4.78, 5) is 16.2. The standard InChI is InChI=1S/C20H26N4O3/c1-27-17-9-7-16(8-10-17)18(25)13-24-14-22-19(23-24)20(26)21-12-11-15-5-3-2-4-6-15/h5,7-10,14,18,25H,2-4,6,11-13H2,1H3,(H,21,26)/t18-/m1/s1. The van der Waals surface area contributed by atoms with Crippen LogP contribution in [0.25, 0.3) is 0 Å². The number of rotatable bonds is 8. The molecule has 0 unspecified atom stereocenters. The van der Waals surface area contributed by atoms with Crippen molar-refractivity contribution in [1.82, 2.24) is 20.1 Å². The topological polar surface area (TPSA) is 89.3 Å². The molecule has 144 valence electrons. The van der Waals surface area contributed by atoms with Gasteiger partial charge in [0.15, 0.2) is 0 Å². The molecule has 1 aromatic carbocycles. The summed E-state index contributed by atoms with van der Waals surface area (Å²) in [5, 5.41) is 17.4. The number of ether oxygens (including phenoxy) is 1. The summed E-state index contributed by atoms with van der Waals surface area (Å²) in [7, 11) is 1.60. The van der Waals surface area contributed by atoms with Gasteiger partial charge >= 0.3 is 0 Å². The Morgan fingerprint density at radius 1 is 1.33 bits per heavy atom. The molecule has 1 aliphatic rings. The summed E-state index contributed by atoms with van der Waals surface area (Å²) in [6, 6.07) is 7.18. The second kappa shape index (κ2) is 9.32.